The van der Waals surface area contributed by atoms with Gasteiger partial charge in [-0.3, -0.25) is 4.79 Å². The summed E-state index contributed by atoms with van der Waals surface area (Å²) in [4.78, 5) is 40.4. The van der Waals surface area contributed by atoms with Crippen LogP contribution in [0.25, 0.3) is 5.69 Å². The molecule has 0 aliphatic carbocycles. The minimum absolute atomic E-state index is 0.115. The lowest BCUT2D eigenvalue weighted by atomic mass is 10.1. The lowest BCUT2D eigenvalue weighted by Gasteiger charge is -2.11. The van der Waals surface area contributed by atoms with Crippen molar-refractivity contribution in [2.75, 3.05) is 13.2 Å². The molecule has 3 aromatic rings. The summed E-state index contributed by atoms with van der Waals surface area (Å²) < 4.78 is 12.2. The molecule has 0 atom stereocenters. The SMILES string of the molecule is CCOC(=O)c1c(C)[nH]c(C(=O)OCC(=O)c2cc(C)n(-c3ccc(Cl)c(Cl)c3)c2C)c1C. The number of esters is 2. The predicted molar refractivity (Wildman–Crippen MR) is 126 cm³/mol. The third-order valence-electron chi connectivity index (χ3n) is 5.35. The molecule has 0 fully saturated rings. The first-order valence-corrected chi connectivity index (χ1v) is 11.0. The maximum absolute atomic E-state index is 12.8. The third kappa shape index (κ3) is 4.84. The molecule has 3 rings (SSSR count). The lowest BCUT2D eigenvalue weighted by molar-refractivity contribution is 0.0468. The van der Waals surface area contributed by atoms with E-state index in [1.807, 2.05) is 11.5 Å². The molecule has 0 radical (unpaired) electrons. The summed E-state index contributed by atoms with van der Waals surface area (Å²) in [5, 5.41) is 0.842. The average molecular weight is 491 g/mol. The number of rotatable bonds is 7. The van der Waals surface area contributed by atoms with Crippen molar-refractivity contribution in [1.29, 1.82) is 0 Å². The van der Waals surface area contributed by atoms with E-state index in [9.17, 15) is 14.4 Å². The summed E-state index contributed by atoms with van der Waals surface area (Å²) in [5.74, 6) is -1.60. The first kappa shape index (κ1) is 24.6. The summed E-state index contributed by atoms with van der Waals surface area (Å²) in [5.41, 5.74) is 4.01. The molecule has 1 N–H and O–H groups in total. The molecular weight excluding hydrogens is 467 g/mol. The van der Waals surface area contributed by atoms with Gasteiger partial charge in [-0.1, -0.05) is 23.2 Å². The molecule has 9 heteroatoms. The second-order valence-electron chi connectivity index (χ2n) is 7.56. The molecule has 174 valence electrons. The van der Waals surface area contributed by atoms with Gasteiger partial charge in [0.05, 0.1) is 22.2 Å². The molecule has 1 aromatic carbocycles. The van der Waals surface area contributed by atoms with E-state index in [4.69, 9.17) is 32.7 Å². The Morgan fingerprint density at radius 2 is 1.67 bits per heavy atom. The topological polar surface area (TPSA) is 90.4 Å². The van der Waals surface area contributed by atoms with Crippen molar-refractivity contribution in [1.82, 2.24) is 9.55 Å². The highest BCUT2D eigenvalue weighted by Crippen LogP contribution is 2.28. The molecule has 2 aromatic heterocycles. The smallest absolute Gasteiger partial charge is 0.355 e. The van der Waals surface area contributed by atoms with Crippen molar-refractivity contribution in [3.63, 3.8) is 0 Å². The Hall–Kier alpha value is -3.03. The number of nitrogens with one attached hydrogen (secondary N) is 1. The number of halogens is 2. The van der Waals surface area contributed by atoms with Gasteiger partial charge in [0.2, 0.25) is 5.78 Å². The van der Waals surface area contributed by atoms with Crippen molar-refractivity contribution in [3.8, 4) is 5.69 Å². The van der Waals surface area contributed by atoms with Crippen LogP contribution >= 0.6 is 23.2 Å². The second-order valence-corrected chi connectivity index (χ2v) is 8.38. The average Bonchev–Trinajstić information content (AvgIpc) is 3.23. The molecule has 0 unspecified atom stereocenters. The predicted octanol–water partition coefficient (Wildman–Crippen LogP) is 5.56. The molecule has 7 nitrogen and oxygen atoms in total. The van der Waals surface area contributed by atoms with Crippen LogP contribution in [0.1, 0.15) is 60.8 Å². The Morgan fingerprint density at radius 1 is 0.970 bits per heavy atom. The van der Waals surface area contributed by atoms with Gasteiger partial charge in [0.15, 0.2) is 6.61 Å². The largest absolute Gasteiger partial charge is 0.462 e. The van der Waals surface area contributed by atoms with Crippen LogP contribution in [0.15, 0.2) is 24.3 Å². The second kappa shape index (κ2) is 9.85. The number of carbonyl (C=O) groups is 3. The highest BCUT2D eigenvalue weighted by Gasteiger charge is 2.25. The van der Waals surface area contributed by atoms with E-state index in [0.29, 0.717) is 38.1 Å². The van der Waals surface area contributed by atoms with Gasteiger partial charge in [-0.25, -0.2) is 9.59 Å². The first-order valence-electron chi connectivity index (χ1n) is 10.3. The molecule has 0 spiro atoms. The summed E-state index contributed by atoms with van der Waals surface area (Å²) >= 11 is 12.1. The molecule has 0 amide bonds. The van der Waals surface area contributed by atoms with E-state index in [0.717, 1.165) is 11.4 Å². The molecule has 2 heterocycles. The summed E-state index contributed by atoms with van der Waals surface area (Å²) in [6, 6.07) is 6.94. The van der Waals surface area contributed by atoms with E-state index in [1.165, 1.54) is 0 Å². The Labute approximate surface area is 201 Å². The minimum atomic E-state index is -0.724. The number of aromatic nitrogens is 2. The molecule has 0 saturated heterocycles. The minimum Gasteiger partial charge on any atom is -0.462 e. The fourth-order valence-electron chi connectivity index (χ4n) is 3.81. The van der Waals surface area contributed by atoms with Gasteiger partial charge >= 0.3 is 11.9 Å². The lowest BCUT2D eigenvalue weighted by Crippen LogP contribution is -2.16. The van der Waals surface area contributed by atoms with Gasteiger partial charge in [0.25, 0.3) is 0 Å². The van der Waals surface area contributed by atoms with E-state index < -0.39 is 18.5 Å². The van der Waals surface area contributed by atoms with Gasteiger partial charge in [-0.15, -0.1) is 0 Å². The van der Waals surface area contributed by atoms with Gasteiger partial charge < -0.3 is 19.0 Å². The van der Waals surface area contributed by atoms with Crippen molar-refractivity contribution in [2.45, 2.75) is 34.6 Å². The number of carbonyl (C=O) groups excluding carboxylic acids is 3. The zero-order chi connectivity index (χ0) is 24.4. The molecule has 0 saturated carbocycles. The Kier molecular flexibility index (Phi) is 7.34. The maximum atomic E-state index is 12.8. The summed E-state index contributed by atoms with van der Waals surface area (Å²) in [6.07, 6.45) is 0. The highest BCUT2D eigenvalue weighted by atomic mass is 35.5. The van der Waals surface area contributed by atoms with E-state index in [-0.39, 0.29) is 18.1 Å². The monoisotopic (exact) mass is 490 g/mol. The molecule has 0 bridgehead atoms. The number of nitrogens with zero attached hydrogens (tertiary/aromatic N) is 1. The van der Waals surface area contributed by atoms with Crippen LogP contribution in [0.5, 0.6) is 0 Å². The van der Waals surface area contributed by atoms with Crippen molar-refractivity contribution in [3.05, 3.63) is 73.8 Å². The van der Waals surface area contributed by atoms with E-state index >= 15 is 0 Å². The van der Waals surface area contributed by atoms with Crippen LogP contribution in [-0.2, 0) is 9.47 Å². The van der Waals surface area contributed by atoms with Gasteiger partial charge in [0, 0.05) is 28.3 Å². The fraction of sp³-hybridized carbons (Fsp3) is 0.292. The normalized spacial score (nSPS) is 10.9. The van der Waals surface area contributed by atoms with Crippen molar-refractivity contribution >= 4 is 40.9 Å². The Bertz CT molecular complexity index is 1260. The van der Waals surface area contributed by atoms with Crippen LogP contribution in [0, 0.1) is 27.7 Å². The highest BCUT2D eigenvalue weighted by molar-refractivity contribution is 6.42. The third-order valence-corrected chi connectivity index (χ3v) is 6.09. The zero-order valence-electron chi connectivity index (χ0n) is 19.0. The van der Waals surface area contributed by atoms with Crippen molar-refractivity contribution in [2.24, 2.45) is 0 Å². The van der Waals surface area contributed by atoms with Gasteiger partial charge in [-0.2, -0.15) is 0 Å². The molecule has 0 aliphatic heterocycles. The van der Waals surface area contributed by atoms with Crippen molar-refractivity contribution < 1.29 is 23.9 Å². The zero-order valence-corrected chi connectivity index (χ0v) is 20.5. The van der Waals surface area contributed by atoms with E-state index in [2.05, 4.69) is 4.98 Å². The van der Waals surface area contributed by atoms with Crippen LogP contribution in [0.2, 0.25) is 10.0 Å². The number of hydrogen-bond donors (Lipinski definition) is 1. The van der Waals surface area contributed by atoms with Crippen LogP contribution in [0.4, 0.5) is 0 Å². The quantitative estimate of drug-likeness (QED) is 0.345. The van der Waals surface area contributed by atoms with Crippen LogP contribution in [-0.4, -0.2) is 40.5 Å². The standard InChI is InChI=1S/C24H24Cl2N2O5/c1-6-32-23(30)21-13(3)22(27-14(21)4)24(31)33-11-20(29)17-9-12(2)28(15(17)5)16-7-8-18(25)19(26)10-16/h7-10,27H,6,11H2,1-5H3. The number of hydrogen-bond acceptors (Lipinski definition) is 5. The number of ketones is 1. The number of H-pyrrole nitrogens is 1. The number of ether oxygens (including phenoxy) is 2. The van der Waals surface area contributed by atoms with Gasteiger partial charge in [-0.05, 0) is 64.4 Å². The first-order chi connectivity index (χ1) is 15.6. The number of benzene rings is 1. The molecule has 33 heavy (non-hydrogen) atoms. The number of aryl methyl sites for hydroxylation is 2. The molecule has 0 aliphatic rings. The summed E-state index contributed by atoms with van der Waals surface area (Å²) in [6.45, 7) is 8.43. The number of aromatic amines is 1. The number of Topliss-reactive ketones (excluding diaryl/α,β-unsaturated/α-hetero) is 1. The Morgan fingerprint density at radius 3 is 2.30 bits per heavy atom. The van der Waals surface area contributed by atoms with Crippen LogP contribution < -0.4 is 0 Å². The summed E-state index contributed by atoms with van der Waals surface area (Å²) in [7, 11) is 0. The fourth-order valence-corrected chi connectivity index (χ4v) is 4.10. The van der Waals surface area contributed by atoms with Gasteiger partial charge in [0.1, 0.15) is 5.69 Å². The Balaban J connectivity index is 1.78. The maximum Gasteiger partial charge on any atom is 0.355 e. The molecular formula is C24H24Cl2N2O5. The van der Waals surface area contributed by atoms with Crippen LogP contribution in [0.3, 0.4) is 0 Å². The van der Waals surface area contributed by atoms with E-state index in [1.54, 1.807) is 52.0 Å².